The third-order valence-corrected chi connectivity index (χ3v) is 3.88. The second kappa shape index (κ2) is 10.3. The molecule has 0 fully saturated rings. The van der Waals surface area contributed by atoms with Crippen molar-refractivity contribution < 1.29 is 9.59 Å². The normalized spacial score (nSPS) is 13.0. The lowest BCUT2D eigenvalue weighted by Gasteiger charge is -2.18. The molecular formula is C18H30ClN3O2. The first-order valence-corrected chi connectivity index (χ1v) is 8.09. The summed E-state index contributed by atoms with van der Waals surface area (Å²) < 4.78 is 0. The van der Waals surface area contributed by atoms with Crippen molar-refractivity contribution in [2.24, 2.45) is 11.7 Å². The molecule has 0 spiro atoms. The molecule has 6 heteroatoms. The van der Waals surface area contributed by atoms with E-state index in [-0.39, 0.29) is 42.7 Å². The molecule has 2 amide bonds. The Hall–Kier alpha value is -1.59. The van der Waals surface area contributed by atoms with Crippen LogP contribution in [-0.2, 0) is 16.0 Å². The summed E-state index contributed by atoms with van der Waals surface area (Å²) in [5.74, 6) is -0.453. The quantitative estimate of drug-likeness (QED) is 0.698. The van der Waals surface area contributed by atoms with Gasteiger partial charge in [-0.25, -0.2) is 0 Å². The molecule has 4 N–H and O–H groups in total. The average molecular weight is 356 g/mol. The van der Waals surface area contributed by atoms with Crippen molar-refractivity contribution in [3.8, 4) is 0 Å². The van der Waals surface area contributed by atoms with Gasteiger partial charge in [-0.15, -0.1) is 12.4 Å². The van der Waals surface area contributed by atoms with E-state index in [1.165, 1.54) is 16.7 Å². The minimum Gasteiger partial charge on any atom is -0.352 e. The molecule has 0 aliphatic rings. The van der Waals surface area contributed by atoms with E-state index in [2.05, 4.69) is 42.7 Å². The van der Waals surface area contributed by atoms with Crippen LogP contribution in [0.1, 0.15) is 37.5 Å². The smallest absolute Gasteiger partial charge is 0.239 e. The Labute approximate surface area is 151 Å². The van der Waals surface area contributed by atoms with Gasteiger partial charge < -0.3 is 16.4 Å². The maximum atomic E-state index is 11.9. The van der Waals surface area contributed by atoms with Gasteiger partial charge in [-0.05, 0) is 44.2 Å². The fourth-order valence-corrected chi connectivity index (χ4v) is 2.37. The van der Waals surface area contributed by atoms with Gasteiger partial charge in [0.05, 0.1) is 12.6 Å². The van der Waals surface area contributed by atoms with E-state index in [1.807, 2.05) is 20.8 Å². The van der Waals surface area contributed by atoms with Crippen LogP contribution in [0.5, 0.6) is 0 Å². The highest BCUT2D eigenvalue weighted by atomic mass is 35.5. The lowest BCUT2D eigenvalue weighted by molar-refractivity contribution is -0.127. The fraction of sp³-hybridized carbons (Fsp3) is 0.556. The van der Waals surface area contributed by atoms with E-state index in [0.29, 0.717) is 0 Å². The van der Waals surface area contributed by atoms with Crippen molar-refractivity contribution >= 4 is 24.2 Å². The Morgan fingerprint density at radius 2 is 1.79 bits per heavy atom. The highest BCUT2D eigenvalue weighted by molar-refractivity contribution is 5.87. The van der Waals surface area contributed by atoms with Gasteiger partial charge in [0.25, 0.3) is 0 Å². The zero-order valence-electron chi connectivity index (χ0n) is 15.2. The van der Waals surface area contributed by atoms with Crippen LogP contribution >= 0.6 is 12.4 Å². The van der Waals surface area contributed by atoms with Crippen LogP contribution in [0, 0.1) is 19.8 Å². The number of amides is 2. The second-order valence-electron chi connectivity index (χ2n) is 6.59. The molecule has 2 atom stereocenters. The van der Waals surface area contributed by atoms with Crippen molar-refractivity contribution in [1.29, 1.82) is 0 Å². The summed E-state index contributed by atoms with van der Waals surface area (Å²) in [4.78, 5) is 23.6. The summed E-state index contributed by atoms with van der Waals surface area (Å²) in [6.07, 6.45) is 0.761. The molecule has 0 heterocycles. The molecule has 0 radical (unpaired) electrons. The number of carbonyl (C=O) groups excluding carboxylic acids is 2. The van der Waals surface area contributed by atoms with Crippen LogP contribution < -0.4 is 16.4 Å². The van der Waals surface area contributed by atoms with Gasteiger partial charge in [-0.2, -0.15) is 0 Å². The third-order valence-electron chi connectivity index (χ3n) is 3.88. The van der Waals surface area contributed by atoms with Crippen LogP contribution in [-0.4, -0.2) is 30.4 Å². The Kier molecular flexibility index (Phi) is 9.63. The zero-order valence-corrected chi connectivity index (χ0v) is 16.0. The Morgan fingerprint density at radius 1 is 1.17 bits per heavy atom. The van der Waals surface area contributed by atoms with Gasteiger partial charge in [0.1, 0.15) is 0 Å². The number of rotatable bonds is 7. The first kappa shape index (κ1) is 22.4. The van der Waals surface area contributed by atoms with E-state index in [9.17, 15) is 9.59 Å². The predicted octanol–water partition coefficient (Wildman–Crippen LogP) is 1.87. The molecule has 1 aromatic rings. The van der Waals surface area contributed by atoms with Crippen molar-refractivity contribution in [3.63, 3.8) is 0 Å². The first-order valence-electron chi connectivity index (χ1n) is 8.09. The van der Waals surface area contributed by atoms with Crippen molar-refractivity contribution in [2.45, 2.75) is 53.1 Å². The van der Waals surface area contributed by atoms with Gasteiger partial charge in [-0.3, -0.25) is 9.59 Å². The number of hydrogen-bond donors (Lipinski definition) is 3. The monoisotopic (exact) mass is 355 g/mol. The van der Waals surface area contributed by atoms with Crippen LogP contribution in [0.3, 0.4) is 0 Å². The zero-order chi connectivity index (χ0) is 17.6. The molecule has 0 bridgehead atoms. The number of halogens is 1. The summed E-state index contributed by atoms with van der Waals surface area (Å²) in [5.41, 5.74) is 9.40. The maximum Gasteiger partial charge on any atom is 0.239 e. The standard InChI is InChI=1S/C18H29N3O2.ClH/c1-11(2)17(19)18(23)20-10-16(22)21-14(5)9-15-7-6-12(3)8-13(15)4;/h6-8,11,14,17H,9-10,19H2,1-5H3,(H,20,23)(H,21,22);1H/t14?,17-;/m0./s1. The van der Waals surface area contributed by atoms with Gasteiger partial charge in [0.15, 0.2) is 0 Å². The van der Waals surface area contributed by atoms with Gasteiger partial charge >= 0.3 is 0 Å². The van der Waals surface area contributed by atoms with Crippen LogP contribution in [0.2, 0.25) is 0 Å². The Morgan fingerprint density at radius 3 is 2.33 bits per heavy atom. The first-order chi connectivity index (χ1) is 10.7. The molecule has 1 rings (SSSR count). The second-order valence-corrected chi connectivity index (χ2v) is 6.59. The van der Waals surface area contributed by atoms with Gasteiger partial charge in [0, 0.05) is 6.04 Å². The van der Waals surface area contributed by atoms with Crippen molar-refractivity contribution in [2.75, 3.05) is 6.54 Å². The average Bonchev–Trinajstić information content (AvgIpc) is 2.46. The van der Waals surface area contributed by atoms with Crippen LogP contribution in [0.15, 0.2) is 18.2 Å². The van der Waals surface area contributed by atoms with Crippen molar-refractivity contribution in [1.82, 2.24) is 10.6 Å². The van der Waals surface area contributed by atoms with E-state index < -0.39 is 6.04 Å². The van der Waals surface area contributed by atoms with Gasteiger partial charge in [0.2, 0.25) is 11.8 Å². The highest BCUT2D eigenvalue weighted by Crippen LogP contribution is 2.12. The molecule has 1 unspecified atom stereocenters. The third kappa shape index (κ3) is 7.32. The van der Waals surface area contributed by atoms with E-state index in [0.717, 1.165) is 6.42 Å². The Bertz CT molecular complexity index is 561. The van der Waals surface area contributed by atoms with Crippen molar-refractivity contribution in [3.05, 3.63) is 34.9 Å². The minimum absolute atomic E-state index is 0. The van der Waals surface area contributed by atoms with Crippen LogP contribution in [0.25, 0.3) is 0 Å². The minimum atomic E-state index is -0.588. The lowest BCUT2D eigenvalue weighted by atomic mass is 10.00. The maximum absolute atomic E-state index is 11.9. The predicted molar refractivity (Wildman–Crippen MR) is 100 cm³/mol. The summed E-state index contributed by atoms with van der Waals surface area (Å²) in [5, 5.41) is 5.47. The summed E-state index contributed by atoms with van der Waals surface area (Å²) >= 11 is 0. The molecular weight excluding hydrogens is 326 g/mol. The number of nitrogens with two attached hydrogens (primary N) is 1. The largest absolute Gasteiger partial charge is 0.352 e. The molecule has 136 valence electrons. The summed E-state index contributed by atoms with van der Waals surface area (Å²) in [6.45, 7) is 9.79. The molecule has 24 heavy (non-hydrogen) atoms. The van der Waals surface area contributed by atoms with Crippen LogP contribution in [0.4, 0.5) is 0 Å². The molecule has 0 aliphatic carbocycles. The number of carbonyl (C=O) groups is 2. The summed E-state index contributed by atoms with van der Waals surface area (Å²) in [7, 11) is 0. The van der Waals surface area contributed by atoms with E-state index in [1.54, 1.807) is 0 Å². The van der Waals surface area contributed by atoms with E-state index in [4.69, 9.17) is 5.73 Å². The molecule has 5 nitrogen and oxygen atoms in total. The highest BCUT2D eigenvalue weighted by Gasteiger charge is 2.18. The molecule has 0 aromatic heterocycles. The number of aryl methyl sites for hydroxylation is 2. The summed E-state index contributed by atoms with van der Waals surface area (Å²) in [6, 6.07) is 5.72. The molecule has 1 aromatic carbocycles. The van der Waals surface area contributed by atoms with Gasteiger partial charge in [-0.1, -0.05) is 37.6 Å². The SMILES string of the molecule is Cc1ccc(CC(C)NC(=O)CNC(=O)[C@@H](N)C(C)C)c(C)c1.Cl. The molecule has 0 saturated carbocycles. The molecule has 0 aliphatic heterocycles. The topological polar surface area (TPSA) is 84.2 Å². The Balaban J connectivity index is 0.00000529. The van der Waals surface area contributed by atoms with E-state index >= 15 is 0 Å². The molecule has 0 saturated heterocycles. The number of hydrogen-bond acceptors (Lipinski definition) is 3. The number of benzene rings is 1. The fourth-order valence-electron chi connectivity index (χ4n) is 2.37. The number of nitrogens with one attached hydrogen (secondary N) is 2. The lowest BCUT2D eigenvalue weighted by Crippen LogP contribution is -2.48.